The fourth-order valence-corrected chi connectivity index (χ4v) is 2.31. The van der Waals surface area contributed by atoms with Gasteiger partial charge in [-0.05, 0) is 35.8 Å². The predicted molar refractivity (Wildman–Crippen MR) is 79.9 cm³/mol. The maximum atomic E-state index is 9.80. The van der Waals surface area contributed by atoms with Crippen LogP contribution in [0.2, 0.25) is 0 Å². The first-order valence-corrected chi connectivity index (χ1v) is 6.76. The molecule has 0 fully saturated rings. The van der Waals surface area contributed by atoms with Crippen molar-refractivity contribution in [2.45, 2.75) is 20.4 Å². The van der Waals surface area contributed by atoms with E-state index in [0.717, 1.165) is 22.3 Å². The molecule has 3 aromatic rings. The van der Waals surface area contributed by atoms with Gasteiger partial charge in [-0.3, -0.25) is 0 Å². The lowest BCUT2D eigenvalue weighted by Gasteiger charge is -2.07. The minimum absolute atomic E-state index is 0.343. The molecule has 2 aromatic carbocycles. The van der Waals surface area contributed by atoms with E-state index in [9.17, 15) is 5.11 Å². The molecule has 0 aliphatic carbocycles. The van der Waals surface area contributed by atoms with Crippen molar-refractivity contribution in [1.82, 2.24) is 20.2 Å². The first kappa shape index (κ1) is 13.3. The molecular weight excluding hydrogens is 264 g/mol. The van der Waals surface area contributed by atoms with Gasteiger partial charge in [0.15, 0.2) is 0 Å². The highest BCUT2D eigenvalue weighted by Crippen LogP contribution is 2.23. The van der Waals surface area contributed by atoms with E-state index < -0.39 is 0 Å². The number of aromatic nitrogens is 4. The van der Waals surface area contributed by atoms with Crippen molar-refractivity contribution in [3.63, 3.8) is 0 Å². The van der Waals surface area contributed by atoms with Crippen molar-refractivity contribution in [2.24, 2.45) is 0 Å². The van der Waals surface area contributed by atoms with E-state index in [-0.39, 0.29) is 0 Å². The molecule has 5 nitrogen and oxygen atoms in total. The van der Waals surface area contributed by atoms with Gasteiger partial charge in [-0.1, -0.05) is 42.5 Å². The summed E-state index contributed by atoms with van der Waals surface area (Å²) in [5, 5.41) is 22.3. The van der Waals surface area contributed by atoms with Gasteiger partial charge in [-0.25, -0.2) is 0 Å². The Morgan fingerprint density at radius 1 is 1.05 bits per heavy atom. The fraction of sp³-hybridized carbons (Fsp3) is 0.188. The third-order valence-electron chi connectivity index (χ3n) is 3.36. The molecule has 0 saturated carbocycles. The average Bonchev–Trinajstić information content (AvgIpc) is 2.94. The molecule has 1 N–H and O–H groups in total. The summed E-state index contributed by atoms with van der Waals surface area (Å²) < 4.78 is 0. The Balaban J connectivity index is 1.85. The van der Waals surface area contributed by atoms with Gasteiger partial charge in [0.25, 0.3) is 0 Å². The lowest BCUT2D eigenvalue weighted by atomic mass is 10.1. The monoisotopic (exact) mass is 280 g/mol. The lowest BCUT2D eigenvalue weighted by molar-refractivity contribution is 0.466. The quantitative estimate of drug-likeness (QED) is 0.801. The van der Waals surface area contributed by atoms with Crippen molar-refractivity contribution >= 4 is 0 Å². The second kappa shape index (κ2) is 5.36. The van der Waals surface area contributed by atoms with Gasteiger partial charge in [0.05, 0.1) is 6.54 Å². The first-order chi connectivity index (χ1) is 10.1. The van der Waals surface area contributed by atoms with Gasteiger partial charge in [0.2, 0.25) is 5.82 Å². The molecule has 0 spiro atoms. The summed E-state index contributed by atoms with van der Waals surface area (Å²) in [6.45, 7) is 4.30. The molecule has 0 amide bonds. The maximum absolute atomic E-state index is 9.80. The highest BCUT2D eigenvalue weighted by Gasteiger charge is 2.08. The van der Waals surface area contributed by atoms with Crippen LogP contribution in [0.1, 0.15) is 16.7 Å². The second-order valence-corrected chi connectivity index (χ2v) is 5.09. The van der Waals surface area contributed by atoms with E-state index in [2.05, 4.69) is 15.4 Å². The van der Waals surface area contributed by atoms with Crippen molar-refractivity contribution in [3.05, 3.63) is 59.2 Å². The summed E-state index contributed by atoms with van der Waals surface area (Å²) >= 11 is 0. The third-order valence-corrected chi connectivity index (χ3v) is 3.36. The highest BCUT2D eigenvalue weighted by atomic mass is 16.3. The van der Waals surface area contributed by atoms with Gasteiger partial charge in [-0.15, -0.1) is 10.2 Å². The Labute approximate surface area is 122 Å². The van der Waals surface area contributed by atoms with E-state index in [0.29, 0.717) is 18.1 Å². The molecule has 3 rings (SSSR count). The highest BCUT2D eigenvalue weighted by molar-refractivity contribution is 5.53. The molecule has 0 atom stereocenters. The summed E-state index contributed by atoms with van der Waals surface area (Å²) in [5.41, 5.74) is 3.70. The number of hydrogen-bond donors (Lipinski definition) is 1. The number of aryl methyl sites for hydroxylation is 2. The topological polar surface area (TPSA) is 63.8 Å². The number of benzene rings is 2. The Bertz CT molecular complexity index is 742. The van der Waals surface area contributed by atoms with Crippen LogP contribution < -0.4 is 0 Å². The van der Waals surface area contributed by atoms with E-state index in [1.54, 1.807) is 4.80 Å². The van der Waals surface area contributed by atoms with Crippen LogP contribution >= 0.6 is 0 Å². The van der Waals surface area contributed by atoms with Crippen LogP contribution in [0, 0.1) is 13.8 Å². The number of hydrogen-bond acceptors (Lipinski definition) is 4. The lowest BCUT2D eigenvalue weighted by Crippen LogP contribution is -2.04. The second-order valence-electron chi connectivity index (χ2n) is 5.09. The minimum Gasteiger partial charge on any atom is -0.507 e. The van der Waals surface area contributed by atoms with Crippen LogP contribution in [0.25, 0.3) is 11.4 Å². The molecule has 1 aromatic heterocycles. The maximum Gasteiger partial charge on any atom is 0.204 e. The summed E-state index contributed by atoms with van der Waals surface area (Å²) in [6, 6.07) is 13.6. The van der Waals surface area contributed by atoms with Gasteiger partial charge in [0.1, 0.15) is 5.75 Å². The minimum atomic E-state index is 0.343. The molecule has 106 valence electrons. The van der Waals surface area contributed by atoms with Crippen molar-refractivity contribution in [2.75, 3.05) is 0 Å². The smallest absolute Gasteiger partial charge is 0.204 e. The average molecular weight is 280 g/mol. The predicted octanol–water partition coefficient (Wildman–Crippen LogP) is 2.71. The van der Waals surface area contributed by atoms with Crippen LogP contribution in [0.5, 0.6) is 5.75 Å². The summed E-state index contributed by atoms with van der Waals surface area (Å²) in [7, 11) is 0. The van der Waals surface area contributed by atoms with E-state index in [1.807, 2.05) is 56.3 Å². The van der Waals surface area contributed by atoms with Crippen molar-refractivity contribution in [3.8, 4) is 17.1 Å². The summed E-state index contributed by atoms with van der Waals surface area (Å²) in [4.78, 5) is 1.56. The molecule has 5 heteroatoms. The molecule has 0 bridgehead atoms. The van der Waals surface area contributed by atoms with E-state index in [4.69, 9.17) is 0 Å². The zero-order chi connectivity index (χ0) is 14.8. The van der Waals surface area contributed by atoms with E-state index >= 15 is 0 Å². The van der Waals surface area contributed by atoms with E-state index in [1.165, 1.54) is 0 Å². The third kappa shape index (κ3) is 2.76. The van der Waals surface area contributed by atoms with Gasteiger partial charge in [-0.2, -0.15) is 4.80 Å². The molecule has 0 unspecified atom stereocenters. The summed E-state index contributed by atoms with van der Waals surface area (Å²) in [5.74, 6) is 0.957. The Morgan fingerprint density at radius 3 is 2.38 bits per heavy atom. The van der Waals surface area contributed by atoms with Crippen molar-refractivity contribution < 1.29 is 5.11 Å². The molecule has 21 heavy (non-hydrogen) atoms. The van der Waals surface area contributed by atoms with Gasteiger partial charge >= 0.3 is 0 Å². The SMILES string of the molecule is Cc1cc(Cn2nnc(-c3ccccc3)n2)cc(C)c1O. The molecule has 0 aliphatic heterocycles. The van der Waals surface area contributed by atoms with Gasteiger partial charge < -0.3 is 5.11 Å². The van der Waals surface area contributed by atoms with Crippen molar-refractivity contribution in [1.29, 1.82) is 0 Å². The largest absolute Gasteiger partial charge is 0.507 e. The first-order valence-electron chi connectivity index (χ1n) is 6.76. The number of tetrazole rings is 1. The molecule has 0 radical (unpaired) electrons. The zero-order valence-corrected chi connectivity index (χ0v) is 12.0. The number of phenols is 1. The Kier molecular flexibility index (Phi) is 3.39. The Hall–Kier alpha value is -2.69. The normalized spacial score (nSPS) is 10.8. The number of phenolic OH excluding ortho intramolecular Hbond substituents is 1. The van der Waals surface area contributed by atoms with Gasteiger partial charge in [0, 0.05) is 5.56 Å². The van der Waals surface area contributed by atoms with Crippen LogP contribution in [-0.4, -0.2) is 25.3 Å². The van der Waals surface area contributed by atoms with Crippen LogP contribution in [0.4, 0.5) is 0 Å². The van der Waals surface area contributed by atoms with Crippen LogP contribution in [0.3, 0.4) is 0 Å². The standard InChI is InChI=1S/C16H16N4O/c1-11-8-13(9-12(2)15(11)21)10-20-18-16(17-19-20)14-6-4-3-5-7-14/h3-9,21H,10H2,1-2H3. The molecular formula is C16H16N4O. The molecule has 1 heterocycles. The zero-order valence-electron chi connectivity index (χ0n) is 12.0. The number of nitrogens with zero attached hydrogens (tertiary/aromatic N) is 4. The summed E-state index contributed by atoms with van der Waals surface area (Å²) in [6.07, 6.45) is 0. The number of aromatic hydroxyl groups is 1. The Morgan fingerprint density at radius 2 is 1.71 bits per heavy atom. The van der Waals surface area contributed by atoms with Crippen LogP contribution in [-0.2, 0) is 6.54 Å². The molecule has 0 aliphatic rings. The fourth-order valence-electron chi connectivity index (χ4n) is 2.31. The number of rotatable bonds is 3. The molecule has 0 saturated heterocycles. The van der Waals surface area contributed by atoms with Crippen LogP contribution in [0.15, 0.2) is 42.5 Å².